The van der Waals surface area contributed by atoms with Crippen molar-refractivity contribution >= 4 is 6.47 Å². The maximum atomic E-state index is 9.86. The summed E-state index contributed by atoms with van der Waals surface area (Å²) in [5.74, 6) is 0. The molecule has 1 aromatic carbocycles. The molecular formula is C10H11O2. The summed E-state index contributed by atoms with van der Waals surface area (Å²) in [7, 11) is 0. The van der Waals surface area contributed by atoms with E-state index < -0.39 is 0 Å². The number of hydrogen-bond donors (Lipinski definition) is 0. The van der Waals surface area contributed by atoms with E-state index >= 15 is 0 Å². The van der Waals surface area contributed by atoms with E-state index in [1.54, 1.807) is 0 Å². The van der Waals surface area contributed by atoms with Gasteiger partial charge in [-0.15, -0.1) is 0 Å². The van der Waals surface area contributed by atoms with Gasteiger partial charge in [-0.2, -0.15) is 0 Å². The number of hydrogen-bond acceptors (Lipinski definition) is 2. The van der Waals surface area contributed by atoms with Gasteiger partial charge in [0.2, 0.25) is 0 Å². The summed E-state index contributed by atoms with van der Waals surface area (Å²) in [6.07, 6.45) is 0.653. The van der Waals surface area contributed by atoms with Gasteiger partial charge in [-0.05, 0) is 12.5 Å². The summed E-state index contributed by atoms with van der Waals surface area (Å²) < 4.78 is 4.64. The molecule has 0 aliphatic heterocycles. The molecule has 0 fully saturated rings. The van der Waals surface area contributed by atoms with Crippen LogP contribution >= 0.6 is 0 Å². The molecule has 63 valence electrons. The minimum Gasteiger partial charge on any atom is -0.454 e. The van der Waals surface area contributed by atoms with Crippen LogP contribution in [0.5, 0.6) is 0 Å². The first-order valence-corrected chi connectivity index (χ1v) is 3.89. The zero-order valence-corrected chi connectivity index (χ0v) is 6.99. The number of carbonyl (C=O) groups excluding carboxylic acids is 1. The van der Waals surface area contributed by atoms with E-state index in [0.717, 1.165) is 6.42 Å². The highest BCUT2D eigenvalue weighted by Crippen LogP contribution is 2.04. The average Bonchev–Trinajstić information content (AvgIpc) is 2.06. The molecule has 1 radical (unpaired) electrons. The van der Waals surface area contributed by atoms with Crippen molar-refractivity contribution in [3.8, 4) is 0 Å². The van der Waals surface area contributed by atoms with Gasteiger partial charge in [-0.25, -0.2) is 4.79 Å². The first-order valence-electron chi connectivity index (χ1n) is 3.89. The lowest BCUT2D eigenvalue weighted by Gasteiger charge is -2.07. The largest absolute Gasteiger partial charge is 0.454 e. The second kappa shape index (κ2) is 4.54. The maximum absolute atomic E-state index is 9.86. The maximum Gasteiger partial charge on any atom is 0.417 e. The van der Waals surface area contributed by atoms with E-state index in [-0.39, 0.29) is 6.10 Å². The van der Waals surface area contributed by atoms with Crippen molar-refractivity contribution in [1.82, 2.24) is 0 Å². The van der Waals surface area contributed by atoms with E-state index in [2.05, 4.69) is 4.74 Å². The molecule has 0 heterocycles. The Bertz CT molecular complexity index is 231. The van der Waals surface area contributed by atoms with E-state index in [0.29, 0.717) is 0 Å². The molecule has 0 amide bonds. The highest BCUT2D eigenvalue weighted by molar-refractivity contribution is 5.38. The molecule has 1 unspecified atom stereocenters. The van der Waals surface area contributed by atoms with Gasteiger partial charge in [-0.3, -0.25) is 0 Å². The summed E-state index contributed by atoms with van der Waals surface area (Å²) in [6.45, 7) is 3.28. The van der Waals surface area contributed by atoms with Crippen LogP contribution in [0.15, 0.2) is 30.3 Å². The molecule has 0 N–H and O–H groups in total. The number of ether oxygens (including phenoxy) is 1. The van der Waals surface area contributed by atoms with Gasteiger partial charge >= 0.3 is 6.47 Å². The van der Waals surface area contributed by atoms with Crippen LogP contribution in [0.1, 0.15) is 12.5 Å². The van der Waals surface area contributed by atoms with Crippen molar-refractivity contribution < 1.29 is 9.53 Å². The molecule has 0 saturated carbocycles. The van der Waals surface area contributed by atoms with Crippen LogP contribution in [0, 0.1) is 0 Å². The molecule has 1 aromatic rings. The fraction of sp³-hybridized carbons (Fsp3) is 0.300. The van der Waals surface area contributed by atoms with Crippen LogP contribution in [0.25, 0.3) is 0 Å². The molecule has 0 aliphatic rings. The average molecular weight is 163 g/mol. The molecule has 0 saturated heterocycles. The van der Waals surface area contributed by atoms with Crippen molar-refractivity contribution in [2.24, 2.45) is 0 Å². The first-order chi connectivity index (χ1) is 5.83. The highest BCUT2D eigenvalue weighted by Gasteiger charge is 2.02. The molecular weight excluding hydrogens is 152 g/mol. The third-order valence-corrected chi connectivity index (χ3v) is 1.62. The van der Waals surface area contributed by atoms with Crippen LogP contribution in [-0.4, -0.2) is 12.6 Å². The van der Waals surface area contributed by atoms with Gasteiger partial charge < -0.3 is 4.74 Å². The number of benzene rings is 1. The summed E-state index contributed by atoms with van der Waals surface area (Å²) in [5, 5.41) is 0. The molecule has 0 spiro atoms. The van der Waals surface area contributed by atoms with Crippen LogP contribution in [-0.2, 0) is 16.0 Å². The van der Waals surface area contributed by atoms with Gasteiger partial charge in [0.1, 0.15) is 6.10 Å². The monoisotopic (exact) mass is 163 g/mol. The van der Waals surface area contributed by atoms with Gasteiger partial charge in [0.05, 0.1) is 0 Å². The van der Waals surface area contributed by atoms with E-state index in [1.807, 2.05) is 37.3 Å². The van der Waals surface area contributed by atoms with Crippen molar-refractivity contribution in [3.05, 3.63) is 35.9 Å². The zero-order chi connectivity index (χ0) is 8.81. The van der Waals surface area contributed by atoms with E-state index in [1.165, 1.54) is 12.0 Å². The zero-order valence-electron chi connectivity index (χ0n) is 6.99. The molecule has 0 aliphatic carbocycles. The predicted molar refractivity (Wildman–Crippen MR) is 46.4 cm³/mol. The van der Waals surface area contributed by atoms with Crippen molar-refractivity contribution in [2.75, 3.05) is 0 Å². The Morgan fingerprint density at radius 2 is 2.08 bits per heavy atom. The van der Waals surface area contributed by atoms with Gasteiger partial charge in [0, 0.05) is 6.42 Å². The predicted octanol–water partition coefficient (Wildman–Crippen LogP) is 1.70. The van der Waals surface area contributed by atoms with E-state index in [4.69, 9.17) is 0 Å². The van der Waals surface area contributed by atoms with Crippen molar-refractivity contribution in [2.45, 2.75) is 19.4 Å². The minimum atomic E-state index is -0.0927. The Labute approximate surface area is 72.2 Å². The van der Waals surface area contributed by atoms with Gasteiger partial charge in [0.25, 0.3) is 0 Å². The normalized spacial score (nSPS) is 12.1. The standard InChI is InChI=1S/C10H11O2/c1-9(12-8-11)7-10-5-3-2-4-6-10/h2-6,9H,7H2,1H3. The third kappa shape index (κ3) is 2.74. The Morgan fingerprint density at radius 3 is 2.67 bits per heavy atom. The minimum absolute atomic E-state index is 0.0927. The van der Waals surface area contributed by atoms with Crippen molar-refractivity contribution in [3.63, 3.8) is 0 Å². The molecule has 0 bridgehead atoms. The number of rotatable bonds is 4. The summed E-state index contributed by atoms with van der Waals surface area (Å²) in [5.41, 5.74) is 1.17. The van der Waals surface area contributed by atoms with Crippen molar-refractivity contribution in [1.29, 1.82) is 0 Å². The van der Waals surface area contributed by atoms with Crippen LogP contribution < -0.4 is 0 Å². The molecule has 2 heteroatoms. The molecule has 12 heavy (non-hydrogen) atoms. The second-order valence-corrected chi connectivity index (χ2v) is 2.70. The van der Waals surface area contributed by atoms with Gasteiger partial charge in [-0.1, -0.05) is 30.3 Å². The lowest BCUT2D eigenvalue weighted by Crippen LogP contribution is -2.09. The lowest BCUT2D eigenvalue weighted by molar-refractivity contribution is 0.194. The molecule has 1 rings (SSSR count). The molecule has 2 nitrogen and oxygen atoms in total. The topological polar surface area (TPSA) is 26.3 Å². The Hall–Kier alpha value is -1.31. The Morgan fingerprint density at radius 1 is 1.42 bits per heavy atom. The summed E-state index contributed by atoms with van der Waals surface area (Å²) in [6, 6.07) is 9.90. The quantitative estimate of drug-likeness (QED) is 0.675. The second-order valence-electron chi connectivity index (χ2n) is 2.70. The van der Waals surface area contributed by atoms with Crippen LogP contribution in [0.2, 0.25) is 0 Å². The summed E-state index contributed by atoms with van der Waals surface area (Å²) >= 11 is 0. The molecule has 1 atom stereocenters. The summed E-state index contributed by atoms with van der Waals surface area (Å²) in [4.78, 5) is 9.86. The third-order valence-electron chi connectivity index (χ3n) is 1.62. The lowest BCUT2D eigenvalue weighted by atomic mass is 10.1. The molecule has 0 aromatic heterocycles. The van der Waals surface area contributed by atoms with Crippen LogP contribution in [0.4, 0.5) is 0 Å². The first kappa shape index (κ1) is 8.78. The van der Waals surface area contributed by atoms with E-state index in [9.17, 15) is 4.79 Å². The Balaban J connectivity index is 2.46. The SMILES string of the molecule is CC(Cc1ccccc1)O[C]=O. The van der Waals surface area contributed by atoms with Crippen LogP contribution in [0.3, 0.4) is 0 Å². The smallest absolute Gasteiger partial charge is 0.417 e. The van der Waals surface area contributed by atoms with Gasteiger partial charge in [0.15, 0.2) is 0 Å². The fourth-order valence-electron chi connectivity index (χ4n) is 1.07. The fourth-order valence-corrected chi connectivity index (χ4v) is 1.07. The Kier molecular flexibility index (Phi) is 3.33. The highest BCUT2D eigenvalue weighted by atomic mass is 16.5.